The molecule has 0 spiro atoms. The van der Waals surface area contributed by atoms with Crippen molar-refractivity contribution < 1.29 is 4.79 Å². The third-order valence-corrected chi connectivity index (χ3v) is 3.30. The second kappa shape index (κ2) is 6.01. The number of nitrogens with zero attached hydrogens (tertiary/aromatic N) is 1. The molecule has 0 saturated carbocycles. The van der Waals surface area contributed by atoms with E-state index in [1.54, 1.807) is 18.3 Å². The maximum Gasteiger partial charge on any atom is 0.272 e. The number of benzene rings is 1. The molecule has 2 aromatic rings. The molecular weight excluding hydrogens is 274 g/mol. The smallest absolute Gasteiger partial charge is 0.272 e. The standard InChI is InChI=1S/C15H18ClN3O/c1-3-6-19-9-11(17)8-14(19)15(20)18-13-5-4-10(2)7-12(13)16/h4-5,7-9H,3,6,17H2,1-2H3,(H,18,20). The number of halogens is 1. The predicted octanol–water partition coefficient (Wildman–Crippen LogP) is 3.69. The van der Waals surface area contributed by atoms with Gasteiger partial charge < -0.3 is 15.6 Å². The summed E-state index contributed by atoms with van der Waals surface area (Å²) in [5, 5.41) is 3.35. The molecule has 0 fully saturated rings. The second-order valence-electron chi connectivity index (χ2n) is 4.79. The third-order valence-electron chi connectivity index (χ3n) is 2.99. The van der Waals surface area contributed by atoms with Crippen LogP contribution in [0, 0.1) is 6.92 Å². The van der Waals surface area contributed by atoms with Gasteiger partial charge in [0.2, 0.25) is 0 Å². The molecular formula is C15H18ClN3O. The number of nitrogens with one attached hydrogen (secondary N) is 1. The van der Waals surface area contributed by atoms with E-state index in [1.807, 2.05) is 23.6 Å². The van der Waals surface area contributed by atoms with Crippen molar-refractivity contribution >= 4 is 28.9 Å². The number of rotatable bonds is 4. The van der Waals surface area contributed by atoms with E-state index in [-0.39, 0.29) is 5.91 Å². The molecule has 20 heavy (non-hydrogen) atoms. The summed E-state index contributed by atoms with van der Waals surface area (Å²) in [4.78, 5) is 12.3. The fourth-order valence-corrected chi connectivity index (χ4v) is 2.34. The van der Waals surface area contributed by atoms with Crippen LogP contribution >= 0.6 is 11.6 Å². The zero-order valence-electron chi connectivity index (χ0n) is 11.6. The largest absolute Gasteiger partial charge is 0.397 e. The average Bonchev–Trinajstić information content (AvgIpc) is 2.74. The minimum Gasteiger partial charge on any atom is -0.397 e. The maximum atomic E-state index is 12.3. The molecule has 0 aliphatic rings. The summed E-state index contributed by atoms with van der Waals surface area (Å²) in [6.07, 6.45) is 2.70. The van der Waals surface area contributed by atoms with Crippen molar-refractivity contribution in [3.63, 3.8) is 0 Å². The van der Waals surface area contributed by atoms with Crippen LogP contribution in [-0.2, 0) is 6.54 Å². The third kappa shape index (κ3) is 3.14. The Bertz CT molecular complexity index is 634. The van der Waals surface area contributed by atoms with E-state index in [2.05, 4.69) is 12.2 Å². The average molecular weight is 292 g/mol. The van der Waals surface area contributed by atoms with Crippen LogP contribution in [0.1, 0.15) is 29.4 Å². The SMILES string of the molecule is CCCn1cc(N)cc1C(=O)Nc1ccc(C)cc1Cl. The number of hydrogen-bond acceptors (Lipinski definition) is 2. The van der Waals surface area contributed by atoms with Gasteiger partial charge in [-0.25, -0.2) is 0 Å². The van der Waals surface area contributed by atoms with Crippen LogP contribution in [-0.4, -0.2) is 10.5 Å². The number of amides is 1. The van der Waals surface area contributed by atoms with Gasteiger partial charge in [0.1, 0.15) is 5.69 Å². The maximum absolute atomic E-state index is 12.3. The first-order chi connectivity index (χ1) is 9.51. The van der Waals surface area contributed by atoms with Gasteiger partial charge >= 0.3 is 0 Å². The van der Waals surface area contributed by atoms with E-state index in [4.69, 9.17) is 17.3 Å². The molecule has 1 aromatic carbocycles. The van der Waals surface area contributed by atoms with Gasteiger partial charge in [-0.1, -0.05) is 24.6 Å². The number of carbonyl (C=O) groups is 1. The van der Waals surface area contributed by atoms with Gasteiger partial charge in [0, 0.05) is 12.7 Å². The summed E-state index contributed by atoms with van der Waals surface area (Å²) in [5.74, 6) is -0.207. The van der Waals surface area contributed by atoms with Gasteiger partial charge in [-0.15, -0.1) is 0 Å². The molecule has 0 atom stereocenters. The van der Waals surface area contributed by atoms with Gasteiger partial charge in [-0.05, 0) is 37.1 Å². The normalized spacial score (nSPS) is 10.6. The first-order valence-electron chi connectivity index (χ1n) is 6.54. The molecule has 1 amide bonds. The number of aromatic nitrogens is 1. The zero-order valence-corrected chi connectivity index (χ0v) is 12.4. The Labute approximate surface area is 123 Å². The van der Waals surface area contributed by atoms with E-state index in [0.29, 0.717) is 22.1 Å². The van der Waals surface area contributed by atoms with Crippen molar-refractivity contribution in [2.75, 3.05) is 11.1 Å². The number of hydrogen-bond donors (Lipinski definition) is 2. The van der Waals surface area contributed by atoms with Crippen molar-refractivity contribution in [1.29, 1.82) is 0 Å². The number of aryl methyl sites for hydroxylation is 2. The van der Waals surface area contributed by atoms with Crippen LogP contribution in [0.15, 0.2) is 30.5 Å². The molecule has 1 aromatic heterocycles. The van der Waals surface area contributed by atoms with Crippen molar-refractivity contribution in [2.45, 2.75) is 26.8 Å². The number of carbonyl (C=O) groups excluding carboxylic acids is 1. The van der Waals surface area contributed by atoms with Crippen LogP contribution in [0.25, 0.3) is 0 Å². The highest BCUT2D eigenvalue weighted by Crippen LogP contribution is 2.23. The van der Waals surface area contributed by atoms with E-state index >= 15 is 0 Å². The minimum absolute atomic E-state index is 0.207. The van der Waals surface area contributed by atoms with Gasteiger partial charge in [0.15, 0.2) is 0 Å². The molecule has 0 aliphatic carbocycles. The van der Waals surface area contributed by atoms with Crippen molar-refractivity contribution in [2.24, 2.45) is 0 Å². The summed E-state index contributed by atoms with van der Waals surface area (Å²) in [6, 6.07) is 7.19. The van der Waals surface area contributed by atoms with Crippen molar-refractivity contribution in [1.82, 2.24) is 4.57 Å². The van der Waals surface area contributed by atoms with Gasteiger partial charge in [-0.3, -0.25) is 4.79 Å². The van der Waals surface area contributed by atoms with Crippen LogP contribution in [0.2, 0.25) is 5.02 Å². The Kier molecular flexibility index (Phi) is 4.35. The van der Waals surface area contributed by atoms with Crippen LogP contribution in [0.5, 0.6) is 0 Å². The Morgan fingerprint density at radius 2 is 2.15 bits per heavy atom. The first-order valence-corrected chi connectivity index (χ1v) is 6.92. The van der Waals surface area contributed by atoms with E-state index < -0.39 is 0 Å². The fraction of sp³-hybridized carbons (Fsp3) is 0.267. The number of nitrogen functional groups attached to an aromatic ring is 1. The molecule has 2 rings (SSSR count). The summed E-state index contributed by atoms with van der Waals surface area (Å²) in [7, 11) is 0. The Balaban J connectivity index is 2.23. The Morgan fingerprint density at radius 3 is 2.80 bits per heavy atom. The molecule has 106 valence electrons. The summed E-state index contributed by atoms with van der Waals surface area (Å²) >= 11 is 6.12. The van der Waals surface area contributed by atoms with Crippen LogP contribution in [0.3, 0.4) is 0 Å². The zero-order chi connectivity index (χ0) is 14.7. The van der Waals surface area contributed by atoms with Crippen molar-refractivity contribution in [3.05, 3.63) is 46.7 Å². The lowest BCUT2D eigenvalue weighted by Crippen LogP contribution is -2.17. The summed E-state index contributed by atoms with van der Waals surface area (Å²) in [6.45, 7) is 4.75. The molecule has 0 radical (unpaired) electrons. The predicted molar refractivity (Wildman–Crippen MR) is 83.3 cm³/mol. The lowest BCUT2D eigenvalue weighted by molar-refractivity contribution is 0.101. The topological polar surface area (TPSA) is 60.0 Å². The molecule has 0 aliphatic heterocycles. The second-order valence-corrected chi connectivity index (χ2v) is 5.20. The number of anilines is 2. The highest BCUT2D eigenvalue weighted by Gasteiger charge is 2.14. The molecule has 0 bridgehead atoms. The lowest BCUT2D eigenvalue weighted by Gasteiger charge is -2.10. The monoisotopic (exact) mass is 291 g/mol. The number of nitrogens with two attached hydrogens (primary N) is 1. The molecule has 1 heterocycles. The molecule has 3 N–H and O–H groups in total. The van der Waals surface area contributed by atoms with E-state index in [1.165, 1.54) is 0 Å². The van der Waals surface area contributed by atoms with Gasteiger partial charge in [-0.2, -0.15) is 0 Å². The lowest BCUT2D eigenvalue weighted by atomic mass is 10.2. The summed E-state index contributed by atoms with van der Waals surface area (Å²) in [5.41, 5.74) is 8.54. The van der Waals surface area contributed by atoms with E-state index in [9.17, 15) is 4.79 Å². The fourth-order valence-electron chi connectivity index (χ4n) is 2.06. The van der Waals surface area contributed by atoms with Crippen molar-refractivity contribution in [3.8, 4) is 0 Å². The quantitative estimate of drug-likeness (QED) is 0.902. The van der Waals surface area contributed by atoms with Crippen LogP contribution < -0.4 is 11.1 Å². The first kappa shape index (κ1) is 14.5. The molecule has 0 unspecified atom stereocenters. The van der Waals surface area contributed by atoms with E-state index in [0.717, 1.165) is 18.5 Å². The summed E-state index contributed by atoms with van der Waals surface area (Å²) < 4.78 is 1.85. The highest BCUT2D eigenvalue weighted by atomic mass is 35.5. The van der Waals surface area contributed by atoms with Gasteiger partial charge in [0.05, 0.1) is 16.4 Å². The minimum atomic E-state index is -0.207. The molecule has 0 saturated heterocycles. The molecule has 5 heteroatoms. The van der Waals surface area contributed by atoms with Gasteiger partial charge in [0.25, 0.3) is 5.91 Å². The van der Waals surface area contributed by atoms with Crippen LogP contribution in [0.4, 0.5) is 11.4 Å². The molecule has 4 nitrogen and oxygen atoms in total. The Morgan fingerprint density at radius 1 is 1.40 bits per heavy atom. The highest BCUT2D eigenvalue weighted by molar-refractivity contribution is 6.34. The Hall–Kier alpha value is -1.94.